The van der Waals surface area contributed by atoms with Crippen molar-refractivity contribution in [3.8, 4) is 0 Å². The van der Waals surface area contributed by atoms with Crippen LogP contribution in [-0.2, 0) is 17.8 Å². The lowest BCUT2D eigenvalue weighted by atomic mass is 10.0. The predicted molar refractivity (Wildman–Crippen MR) is 86.4 cm³/mol. The summed E-state index contributed by atoms with van der Waals surface area (Å²) in [4.78, 5) is 12.4. The maximum Gasteiger partial charge on any atom is 0.225 e. The Hall–Kier alpha value is -2.10. The van der Waals surface area contributed by atoms with Gasteiger partial charge >= 0.3 is 0 Å². The van der Waals surface area contributed by atoms with Crippen molar-refractivity contribution in [2.45, 2.75) is 45.2 Å². The Kier molecular flexibility index (Phi) is 4.01. The Balaban J connectivity index is 1.58. The molecular weight excluding hydrogens is 274 g/mol. The second kappa shape index (κ2) is 5.95. The van der Waals surface area contributed by atoms with Gasteiger partial charge in [0.15, 0.2) is 0 Å². The molecule has 1 unspecified atom stereocenters. The number of carbonyl (C=O) groups is 1. The Labute approximate surface area is 131 Å². The zero-order valence-corrected chi connectivity index (χ0v) is 13.2. The highest BCUT2D eigenvalue weighted by Gasteiger charge is 2.44. The van der Waals surface area contributed by atoms with Crippen molar-refractivity contribution in [2.75, 3.05) is 0 Å². The predicted octanol–water partition coefficient (Wildman–Crippen LogP) is 2.72. The molecule has 116 valence electrons. The molecule has 2 aromatic rings. The fraction of sp³-hybridized carbons (Fsp3) is 0.444. The van der Waals surface area contributed by atoms with Gasteiger partial charge in [0, 0.05) is 17.9 Å². The summed E-state index contributed by atoms with van der Waals surface area (Å²) in [6, 6.07) is 10.4. The lowest BCUT2D eigenvalue weighted by Gasteiger charge is -2.21. The molecule has 1 aromatic carbocycles. The Bertz CT molecular complexity index is 644. The summed E-state index contributed by atoms with van der Waals surface area (Å²) in [7, 11) is 0. The summed E-state index contributed by atoms with van der Waals surface area (Å²) in [5, 5.41) is 7.43. The molecule has 1 saturated carbocycles. The molecule has 1 amide bonds. The first-order valence-electron chi connectivity index (χ1n) is 7.91. The van der Waals surface area contributed by atoms with Crippen molar-refractivity contribution in [1.29, 1.82) is 0 Å². The molecular formula is C18H23N3O. The largest absolute Gasteiger partial charge is 0.350 e. The third-order valence-corrected chi connectivity index (χ3v) is 4.33. The number of nitrogens with one attached hydrogen (secondary N) is 1. The fourth-order valence-corrected chi connectivity index (χ4v) is 2.87. The van der Waals surface area contributed by atoms with Crippen LogP contribution in [0, 0.1) is 12.8 Å². The molecule has 0 bridgehead atoms. The van der Waals surface area contributed by atoms with Crippen molar-refractivity contribution in [2.24, 2.45) is 5.92 Å². The summed E-state index contributed by atoms with van der Waals surface area (Å²) in [5.41, 5.74) is 2.55. The van der Waals surface area contributed by atoms with E-state index in [1.807, 2.05) is 23.9 Å². The molecule has 1 fully saturated rings. The van der Waals surface area contributed by atoms with Gasteiger partial charge in [0.05, 0.1) is 12.5 Å². The summed E-state index contributed by atoms with van der Waals surface area (Å²) in [6.45, 7) is 4.69. The molecule has 3 rings (SSSR count). The van der Waals surface area contributed by atoms with Crippen LogP contribution in [0.25, 0.3) is 0 Å². The minimum Gasteiger partial charge on any atom is -0.350 e. The van der Waals surface area contributed by atoms with E-state index in [4.69, 9.17) is 0 Å². The molecule has 1 aliphatic carbocycles. The first-order valence-corrected chi connectivity index (χ1v) is 7.91. The summed E-state index contributed by atoms with van der Waals surface area (Å²) >= 11 is 0. The number of aryl methyl sites for hydroxylation is 1. The second-order valence-corrected chi connectivity index (χ2v) is 6.56. The molecule has 0 radical (unpaired) electrons. The lowest BCUT2D eigenvalue weighted by molar-refractivity contribution is -0.125. The zero-order chi connectivity index (χ0) is 15.6. The van der Waals surface area contributed by atoms with E-state index in [0.29, 0.717) is 6.54 Å². The lowest BCUT2D eigenvalue weighted by Crippen LogP contribution is -2.42. The molecule has 0 saturated heterocycles. The number of benzene rings is 1. The van der Waals surface area contributed by atoms with Gasteiger partial charge in [0.25, 0.3) is 0 Å². The molecule has 4 heteroatoms. The van der Waals surface area contributed by atoms with Gasteiger partial charge in [0.2, 0.25) is 5.91 Å². The number of hydrogen-bond donors (Lipinski definition) is 1. The first-order chi connectivity index (χ1) is 10.6. The highest BCUT2D eigenvalue weighted by Crippen LogP contribution is 2.39. The molecule has 0 spiro atoms. The van der Waals surface area contributed by atoms with Gasteiger partial charge in [-0.3, -0.25) is 9.48 Å². The number of rotatable bonds is 6. The van der Waals surface area contributed by atoms with Crippen molar-refractivity contribution in [3.05, 3.63) is 53.9 Å². The molecule has 1 heterocycles. The Morgan fingerprint density at radius 2 is 2.23 bits per heavy atom. The van der Waals surface area contributed by atoms with Crippen LogP contribution in [0.4, 0.5) is 0 Å². The van der Waals surface area contributed by atoms with Crippen molar-refractivity contribution in [1.82, 2.24) is 15.1 Å². The van der Waals surface area contributed by atoms with E-state index in [2.05, 4.69) is 41.6 Å². The molecule has 0 aliphatic heterocycles. The fourth-order valence-electron chi connectivity index (χ4n) is 2.87. The maximum absolute atomic E-state index is 12.4. The van der Waals surface area contributed by atoms with Crippen LogP contribution < -0.4 is 5.32 Å². The summed E-state index contributed by atoms with van der Waals surface area (Å²) < 4.78 is 1.81. The number of carbonyl (C=O) groups excluding carboxylic acids is 1. The van der Waals surface area contributed by atoms with Crippen LogP contribution in [-0.4, -0.2) is 21.2 Å². The van der Waals surface area contributed by atoms with Crippen LogP contribution in [0.2, 0.25) is 0 Å². The standard InChI is InChI=1S/C18H23N3O/c1-14-5-3-6-16(11-14)12-18(7-8-18)20-17(22)15(2)13-21-10-4-9-19-21/h3-6,9-11,15H,7-8,12-13H2,1-2H3,(H,20,22). The van der Waals surface area contributed by atoms with E-state index in [1.54, 1.807) is 6.20 Å². The highest BCUT2D eigenvalue weighted by atomic mass is 16.2. The van der Waals surface area contributed by atoms with Crippen LogP contribution in [0.5, 0.6) is 0 Å². The van der Waals surface area contributed by atoms with Gasteiger partial charge in [-0.15, -0.1) is 0 Å². The van der Waals surface area contributed by atoms with Gasteiger partial charge in [-0.25, -0.2) is 0 Å². The smallest absolute Gasteiger partial charge is 0.225 e. The Morgan fingerprint density at radius 3 is 2.86 bits per heavy atom. The van der Waals surface area contributed by atoms with Gasteiger partial charge in [0.1, 0.15) is 0 Å². The maximum atomic E-state index is 12.4. The highest BCUT2D eigenvalue weighted by molar-refractivity contribution is 5.79. The topological polar surface area (TPSA) is 46.9 Å². The summed E-state index contributed by atoms with van der Waals surface area (Å²) in [5.74, 6) is 0.0514. The van der Waals surface area contributed by atoms with Crippen LogP contribution >= 0.6 is 0 Å². The van der Waals surface area contributed by atoms with E-state index >= 15 is 0 Å². The average Bonchev–Trinajstić information content (AvgIpc) is 3.01. The molecule has 22 heavy (non-hydrogen) atoms. The molecule has 4 nitrogen and oxygen atoms in total. The van der Waals surface area contributed by atoms with E-state index < -0.39 is 0 Å². The number of hydrogen-bond acceptors (Lipinski definition) is 2. The van der Waals surface area contributed by atoms with Crippen LogP contribution in [0.3, 0.4) is 0 Å². The van der Waals surface area contributed by atoms with Gasteiger partial charge in [-0.05, 0) is 37.8 Å². The minimum atomic E-state index is -0.0742. The Morgan fingerprint density at radius 1 is 1.41 bits per heavy atom. The average molecular weight is 297 g/mol. The van der Waals surface area contributed by atoms with Crippen molar-refractivity contribution in [3.63, 3.8) is 0 Å². The third-order valence-electron chi connectivity index (χ3n) is 4.33. The van der Waals surface area contributed by atoms with E-state index in [9.17, 15) is 4.79 Å². The number of amides is 1. The third kappa shape index (κ3) is 3.56. The normalized spacial score (nSPS) is 17.0. The SMILES string of the molecule is Cc1cccc(CC2(NC(=O)C(C)Cn3cccn3)CC2)c1. The number of nitrogens with zero attached hydrogens (tertiary/aromatic N) is 2. The molecule has 1 aromatic heterocycles. The molecule has 1 aliphatic rings. The van der Waals surface area contributed by atoms with Crippen LogP contribution in [0.1, 0.15) is 30.9 Å². The van der Waals surface area contributed by atoms with Gasteiger partial charge in [-0.2, -0.15) is 5.10 Å². The molecule has 1 N–H and O–H groups in total. The van der Waals surface area contributed by atoms with Crippen molar-refractivity contribution >= 4 is 5.91 Å². The summed E-state index contributed by atoms with van der Waals surface area (Å²) in [6.07, 6.45) is 6.70. The van der Waals surface area contributed by atoms with E-state index in [1.165, 1.54) is 11.1 Å². The van der Waals surface area contributed by atoms with Gasteiger partial charge < -0.3 is 5.32 Å². The quantitative estimate of drug-likeness (QED) is 0.891. The van der Waals surface area contributed by atoms with Crippen molar-refractivity contribution < 1.29 is 4.79 Å². The number of aromatic nitrogens is 2. The monoisotopic (exact) mass is 297 g/mol. The first kappa shape index (κ1) is 14.8. The second-order valence-electron chi connectivity index (χ2n) is 6.56. The molecule has 1 atom stereocenters. The van der Waals surface area contributed by atoms with Gasteiger partial charge in [-0.1, -0.05) is 36.8 Å². The van der Waals surface area contributed by atoms with Crippen LogP contribution in [0.15, 0.2) is 42.7 Å². The van der Waals surface area contributed by atoms with E-state index in [-0.39, 0.29) is 17.4 Å². The zero-order valence-electron chi connectivity index (χ0n) is 13.2. The van der Waals surface area contributed by atoms with E-state index in [0.717, 1.165) is 19.3 Å². The minimum absolute atomic E-state index is 0.0246.